The lowest BCUT2D eigenvalue weighted by Gasteiger charge is -2.36. The second kappa shape index (κ2) is 8.30. The zero-order chi connectivity index (χ0) is 22.5. The molecule has 0 atom stereocenters. The van der Waals surface area contributed by atoms with Crippen LogP contribution in [0.15, 0.2) is 34.9 Å². The lowest BCUT2D eigenvalue weighted by molar-refractivity contribution is -0.137. The number of benzene rings is 1. The van der Waals surface area contributed by atoms with Crippen LogP contribution in [0.1, 0.15) is 29.8 Å². The van der Waals surface area contributed by atoms with Crippen LogP contribution in [0.2, 0.25) is 0 Å². The molecule has 170 valence electrons. The van der Waals surface area contributed by atoms with Crippen molar-refractivity contribution in [3.05, 3.63) is 57.7 Å². The summed E-state index contributed by atoms with van der Waals surface area (Å²) in [6.45, 7) is 2.32. The van der Waals surface area contributed by atoms with Gasteiger partial charge < -0.3 is 4.90 Å². The number of halogens is 5. The number of alkyl halides is 3. The normalized spacial score (nSPS) is 18.0. The molecule has 5 rings (SSSR count). The van der Waals surface area contributed by atoms with Gasteiger partial charge in [-0.15, -0.1) is 10.2 Å². The topological polar surface area (TPSA) is 36.7 Å². The highest BCUT2D eigenvalue weighted by molar-refractivity contribution is 9.10. The van der Waals surface area contributed by atoms with Crippen LogP contribution in [0.25, 0.3) is 5.65 Å². The zero-order valence-electron chi connectivity index (χ0n) is 17.2. The Hall–Kier alpha value is -2.20. The van der Waals surface area contributed by atoms with Gasteiger partial charge in [0, 0.05) is 49.8 Å². The second-order valence-corrected chi connectivity index (χ2v) is 9.45. The van der Waals surface area contributed by atoms with Crippen molar-refractivity contribution < 1.29 is 17.6 Å². The van der Waals surface area contributed by atoms with Crippen molar-refractivity contribution in [2.75, 3.05) is 31.1 Å². The van der Waals surface area contributed by atoms with Crippen LogP contribution in [0.5, 0.6) is 0 Å². The summed E-state index contributed by atoms with van der Waals surface area (Å²) in [6, 6.07) is 6.46. The Morgan fingerprint density at radius 2 is 1.78 bits per heavy atom. The average Bonchev–Trinajstić information content (AvgIpc) is 3.46. The van der Waals surface area contributed by atoms with E-state index in [-0.39, 0.29) is 23.6 Å². The SMILES string of the molecule is FC(F)(F)c1c(CN2CCN(c3ccc(Br)cc3[18F])CC2)ccn2c(CC3CC3)nnc12. The highest BCUT2D eigenvalue weighted by atomic mass is 79.9. The number of hydrogen-bond acceptors (Lipinski definition) is 4. The number of pyridine rings is 1. The molecule has 2 fully saturated rings. The third kappa shape index (κ3) is 4.34. The Morgan fingerprint density at radius 1 is 1.03 bits per heavy atom. The summed E-state index contributed by atoms with van der Waals surface area (Å²) in [6.07, 6.45) is -0.0217. The third-order valence-electron chi connectivity index (χ3n) is 6.20. The molecular formula is C22H22BrF4N5. The number of anilines is 1. The summed E-state index contributed by atoms with van der Waals surface area (Å²) in [5.41, 5.74) is -0.132. The van der Waals surface area contributed by atoms with Crippen LogP contribution in [0, 0.1) is 11.7 Å². The van der Waals surface area contributed by atoms with E-state index in [4.69, 9.17) is 0 Å². The molecule has 0 radical (unpaired) electrons. The molecule has 0 amide bonds. The highest BCUT2D eigenvalue weighted by Crippen LogP contribution is 2.37. The Kier molecular flexibility index (Phi) is 5.61. The number of hydrogen-bond donors (Lipinski definition) is 0. The predicted octanol–water partition coefficient (Wildman–Crippen LogP) is 4.92. The summed E-state index contributed by atoms with van der Waals surface area (Å²) < 4.78 is 58.5. The molecule has 3 aromatic rings. The van der Waals surface area contributed by atoms with E-state index in [1.165, 1.54) is 16.5 Å². The van der Waals surface area contributed by atoms with Crippen molar-refractivity contribution in [2.24, 2.45) is 5.92 Å². The molecule has 32 heavy (non-hydrogen) atoms. The van der Waals surface area contributed by atoms with Gasteiger partial charge in [-0.25, -0.2) is 4.39 Å². The molecule has 0 N–H and O–H groups in total. The van der Waals surface area contributed by atoms with Gasteiger partial charge in [0.15, 0.2) is 5.65 Å². The number of aromatic nitrogens is 3. The molecule has 5 nitrogen and oxygen atoms in total. The molecule has 1 saturated carbocycles. The first-order valence-electron chi connectivity index (χ1n) is 10.6. The maximum Gasteiger partial charge on any atom is 0.420 e. The number of fused-ring (bicyclic) bond motifs is 1. The molecule has 2 aliphatic rings. The van der Waals surface area contributed by atoms with Gasteiger partial charge in [-0.3, -0.25) is 9.30 Å². The van der Waals surface area contributed by atoms with Gasteiger partial charge in [-0.1, -0.05) is 15.9 Å². The molecule has 2 aromatic heterocycles. The van der Waals surface area contributed by atoms with Crippen LogP contribution in [0.4, 0.5) is 23.2 Å². The molecule has 10 heteroatoms. The smallest absolute Gasteiger partial charge is 0.367 e. The third-order valence-corrected chi connectivity index (χ3v) is 6.70. The molecule has 1 aliphatic heterocycles. The van der Waals surface area contributed by atoms with Crippen LogP contribution in [-0.2, 0) is 19.1 Å². The van der Waals surface area contributed by atoms with E-state index in [1.54, 1.807) is 18.3 Å². The van der Waals surface area contributed by atoms with Gasteiger partial charge in [0.05, 0.1) is 5.69 Å². The van der Waals surface area contributed by atoms with Crippen LogP contribution in [0.3, 0.4) is 0 Å². The Balaban J connectivity index is 1.35. The summed E-state index contributed by atoms with van der Waals surface area (Å²) in [5, 5.41) is 7.96. The van der Waals surface area contributed by atoms with Crippen molar-refractivity contribution in [1.29, 1.82) is 0 Å². The summed E-state index contributed by atoms with van der Waals surface area (Å²) in [4.78, 5) is 3.89. The van der Waals surface area contributed by atoms with Crippen molar-refractivity contribution >= 4 is 27.3 Å². The first-order chi connectivity index (χ1) is 15.3. The lowest BCUT2D eigenvalue weighted by Crippen LogP contribution is -2.46. The minimum absolute atomic E-state index is 0.124. The highest BCUT2D eigenvalue weighted by Gasteiger charge is 2.38. The second-order valence-electron chi connectivity index (χ2n) is 8.53. The Labute approximate surface area is 191 Å². The van der Waals surface area contributed by atoms with Crippen LogP contribution < -0.4 is 4.90 Å². The van der Waals surface area contributed by atoms with Crippen LogP contribution in [-0.4, -0.2) is 45.7 Å². The van der Waals surface area contributed by atoms with Gasteiger partial charge in [0.1, 0.15) is 17.2 Å². The lowest BCUT2D eigenvalue weighted by atomic mass is 10.1. The fraction of sp³-hybridized carbons (Fsp3) is 0.455. The maximum absolute atomic E-state index is 14.3. The van der Waals surface area contributed by atoms with Gasteiger partial charge in [0.2, 0.25) is 0 Å². The molecule has 1 saturated heterocycles. The van der Waals surface area contributed by atoms with Gasteiger partial charge in [0.25, 0.3) is 0 Å². The van der Waals surface area contributed by atoms with E-state index in [2.05, 4.69) is 26.1 Å². The van der Waals surface area contributed by atoms with Crippen molar-refractivity contribution in [2.45, 2.75) is 32.0 Å². The van der Waals surface area contributed by atoms with Crippen molar-refractivity contribution in [3.8, 4) is 0 Å². The zero-order valence-corrected chi connectivity index (χ0v) is 18.8. The number of nitrogens with zero attached hydrogens (tertiary/aromatic N) is 5. The molecule has 1 aromatic carbocycles. The van der Waals surface area contributed by atoms with E-state index < -0.39 is 11.7 Å². The Morgan fingerprint density at radius 3 is 2.44 bits per heavy atom. The Bertz CT molecular complexity index is 1130. The average molecular weight is 511 g/mol. The fourth-order valence-corrected chi connectivity index (χ4v) is 4.66. The fourth-order valence-electron chi connectivity index (χ4n) is 4.33. The number of piperazine rings is 1. The molecule has 0 bridgehead atoms. The minimum Gasteiger partial charge on any atom is -0.367 e. The van der Waals surface area contributed by atoms with E-state index >= 15 is 0 Å². The van der Waals surface area contributed by atoms with E-state index in [1.807, 2.05) is 9.80 Å². The first kappa shape index (κ1) is 21.6. The van der Waals surface area contributed by atoms with Crippen molar-refractivity contribution in [3.63, 3.8) is 0 Å². The molecule has 3 heterocycles. The van der Waals surface area contributed by atoms with E-state index in [0.717, 1.165) is 12.8 Å². The molecular weight excluding hydrogens is 489 g/mol. The standard InChI is InChI=1S/C22H22BrF4N5/c23-16-3-4-18(17(24)12-16)31-9-7-30(8-10-31)13-15-5-6-32-19(11-14-1-2-14)28-29-21(32)20(15)22(25,26)27/h3-6,12,14H,1-2,7-11,13H2/i24-1. The molecule has 0 unspecified atom stereocenters. The van der Waals surface area contributed by atoms with Gasteiger partial charge in [-0.05, 0) is 48.6 Å². The minimum atomic E-state index is -4.52. The van der Waals surface area contributed by atoms with Crippen LogP contribution >= 0.6 is 15.9 Å². The van der Waals surface area contributed by atoms with E-state index in [0.29, 0.717) is 54.5 Å². The summed E-state index contributed by atoms with van der Waals surface area (Å²) >= 11 is 3.25. The molecule has 0 spiro atoms. The van der Waals surface area contributed by atoms with Gasteiger partial charge in [-0.2, -0.15) is 13.2 Å². The monoisotopic (exact) mass is 510 g/mol. The maximum atomic E-state index is 14.3. The predicted molar refractivity (Wildman–Crippen MR) is 116 cm³/mol. The largest absolute Gasteiger partial charge is 0.420 e. The van der Waals surface area contributed by atoms with Crippen molar-refractivity contribution in [1.82, 2.24) is 19.5 Å². The quantitative estimate of drug-likeness (QED) is 0.456. The summed E-state index contributed by atoms with van der Waals surface area (Å²) in [5.74, 6) is 0.777. The van der Waals surface area contributed by atoms with Gasteiger partial charge >= 0.3 is 6.18 Å². The summed E-state index contributed by atoms with van der Waals surface area (Å²) in [7, 11) is 0. The van der Waals surface area contributed by atoms with E-state index in [9.17, 15) is 17.6 Å². The first-order valence-corrected chi connectivity index (χ1v) is 11.4. The number of rotatable bonds is 5. The molecule has 1 aliphatic carbocycles.